The van der Waals surface area contributed by atoms with E-state index in [2.05, 4.69) is 14.8 Å². The quantitative estimate of drug-likeness (QED) is 0.351. The molecule has 6 heteroatoms. The molecule has 1 atom stereocenters. The highest BCUT2D eigenvalue weighted by atomic mass is 35.5. The summed E-state index contributed by atoms with van der Waals surface area (Å²) in [4.78, 5) is 13.9. The van der Waals surface area contributed by atoms with Crippen LogP contribution in [0.1, 0.15) is 5.56 Å². The fraction of sp³-hybridized carbons (Fsp3) is 0.300. The molecule has 0 bridgehead atoms. The van der Waals surface area contributed by atoms with Gasteiger partial charge in [-0.3, -0.25) is 4.79 Å². The molecule has 84 valence electrons. The maximum atomic E-state index is 11.3. The first-order chi connectivity index (χ1) is 7.67. The first kappa shape index (κ1) is 12.4. The van der Waals surface area contributed by atoms with Gasteiger partial charge in [-0.05, 0) is 29.6 Å². The molecule has 0 aromatic heterocycles. The number of azide groups is 1. The molecule has 0 unspecified atom stereocenters. The zero-order chi connectivity index (χ0) is 12.0. The second-order valence-electron chi connectivity index (χ2n) is 3.07. The Labute approximate surface area is 97.6 Å². The average molecular weight is 240 g/mol. The molecule has 0 N–H and O–H groups in total. The van der Waals surface area contributed by atoms with Crippen molar-refractivity contribution in [3.05, 3.63) is 45.3 Å². The minimum atomic E-state index is -0.837. The van der Waals surface area contributed by atoms with Gasteiger partial charge < -0.3 is 4.74 Å². The first-order valence-corrected chi connectivity index (χ1v) is 4.91. The number of hydrogen-bond acceptors (Lipinski definition) is 3. The molecule has 0 aliphatic rings. The van der Waals surface area contributed by atoms with Gasteiger partial charge in [0.1, 0.15) is 6.04 Å². The summed E-state index contributed by atoms with van der Waals surface area (Å²) in [5, 5.41) is 4.00. The van der Waals surface area contributed by atoms with E-state index < -0.39 is 12.0 Å². The fourth-order valence-corrected chi connectivity index (χ4v) is 1.34. The minimum Gasteiger partial charge on any atom is -0.469 e. The van der Waals surface area contributed by atoms with Crippen LogP contribution in [-0.4, -0.2) is 19.1 Å². The lowest BCUT2D eigenvalue weighted by Gasteiger charge is -2.08. The van der Waals surface area contributed by atoms with Gasteiger partial charge in [0.15, 0.2) is 0 Å². The Morgan fingerprint density at radius 3 is 2.69 bits per heavy atom. The molecule has 0 fully saturated rings. The van der Waals surface area contributed by atoms with E-state index in [0.29, 0.717) is 11.4 Å². The van der Waals surface area contributed by atoms with Crippen molar-refractivity contribution in [1.29, 1.82) is 0 Å². The molecule has 0 heterocycles. The van der Waals surface area contributed by atoms with E-state index in [1.807, 2.05) is 0 Å². The van der Waals surface area contributed by atoms with Gasteiger partial charge in [-0.15, -0.1) is 0 Å². The van der Waals surface area contributed by atoms with Crippen molar-refractivity contribution in [2.24, 2.45) is 5.11 Å². The Kier molecular flexibility index (Phi) is 4.64. The molecule has 0 radical (unpaired) electrons. The largest absolute Gasteiger partial charge is 0.469 e. The number of rotatable bonds is 4. The van der Waals surface area contributed by atoms with Crippen molar-refractivity contribution in [1.82, 2.24) is 0 Å². The standard InChI is InChI=1S/C10H10ClN3O2/c1-16-10(15)9(13-14-12)6-7-2-4-8(11)5-3-7/h2-5,9H,6H2,1H3/t9-/m0/s1. The van der Waals surface area contributed by atoms with Gasteiger partial charge in [-0.1, -0.05) is 28.8 Å². The van der Waals surface area contributed by atoms with Crippen LogP contribution < -0.4 is 0 Å². The van der Waals surface area contributed by atoms with E-state index in [-0.39, 0.29) is 0 Å². The fourth-order valence-electron chi connectivity index (χ4n) is 1.21. The lowest BCUT2D eigenvalue weighted by molar-refractivity contribution is -0.142. The number of ether oxygens (including phenoxy) is 1. The highest BCUT2D eigenvalue weighted by Crippen LogP contribution is 2.12. The molecule has 0 aliphatic carbocycles. The van der Waals surface area contributed by atoms with E-state index in [1.54, 1.807) is 24.3 Å². The number of benzene rings is 1. The number of carbonyl (C=O) groups excluding carboxylic acids is 1. The highest BCUT2D eigenvalue weighted by molar-refractivity contribution is 6.30. The summed E-state index contributed by atoms with van der Waals surface area (Å²) in [6, 6.07) is 6.12. The van der Waals surface area contributed by atoms with Crippen LogP contribution in [0.25, 0.3) is 10.4 Å². The molecular formula is C10H10ClN3O2. The maximum absolute atomic E-state index is 11.3. The van der Waals surface area contributed by atoms with E-state index in [1.165, 1.54) is 7.11 Å². The van der Waals surface area contributed by atoms with Crippen molar-refractivity contribution < 1.29 is 9.53 Å². The molecule has 0 aliphatic heterocycles. The lowest BCUT2D eigenvalue weighted by Crippen LogP contribution is -2.22. The minimum absolute atomic E-state index is 0.300. The number of nitrogens with zero attached hydrogens (tertiary/aromatic N) is 3. The number of esters is 1. The van der Waals surface area contributed by atoms with Crippen LogP contribution in [0.5, 0.6) is 0 Å². The van der Waals surface area contributed by atoms with Gasteiger partial charge in [-0.2, -0.15) is 0 Å². The van der Waals surface area contributed by atoms with Crippen molar-refractivity contribution in [2.45, 2.75) is 12.5 Å². The van der Waals surface area contributed by atoms with Crippen LogP contribution in [-0.2, 0) is 16.0 Å². The lowest BCUT2D eigenvalue weighted by atomic mass is 10.1. The Balaban J connectivity index is 2.79. The van der Waals surface area contributed by atoms with Crippen molar-refractivity contribution in [2.75, 3.05) is 7.11 Å². The molecular weight excluding hydrogens is 230 g/mol. The predicted molar refractivity (Wildman–Crippen MR) is 60.1 cm³/mol. The van der Waals surface area contributed by atoms with Crippen LogP contribution in [0.4, 0.5) is 0 Å². The van der Waals surface area contributed by atoms with Crippen LogP contribution in [0, 0.1) is 0 Å². The topological polar surface area (TPSA) is 75.1 Å². The highest BCUT2D eigenvalue weighted by Gasteiger charge is 2.17. The van der Waals surface area contributed by atoms with Crippen LogP contribution in [0.3, 0.4) is 0 Å². The zero-order valence-electron chi connectivity index (χ0n) is 8.63. The molecule has 1 aromatic rings. The Morgan fingerprint density at radius 1 is 1.56 bits per heavy atom. The van der Waals surface area contributed by atoms with Crippen LogP contribution >= 0.6 is 11.6 Å². The average Bonchev–Trinajstić information content (AvgIpc) is 2.30. The number of methoxy groups -OCH3 is 1. The summed E-state index contributed by atoms with van der Waals surface area (Å²) in [5.74, 6) is -0.548. The van der Waals surface area contributed by atoms with E-state index in [0.717, 1.165) is 5.56 Å². The Bertz CT molecular complexity index is 413. The van der Waals surface area contributed by atoms with Gasteiger partial charge >= 0.3 is 5.97 Å². The van der Waals surface area contributed by atoms with Gasteiger partial charge in [0.2, 0.25) is 0 Å². The molecule has 0 saturated carbocycles. The molecule has 5 nitrogen and oxygen atoms in total. The molecule has 0 amide bonds. The van der Waals surface area contributed by atoms with Gasteiger partial charge in [0.05, 0.1) is 7.11 Å². The summed E-state index contributed by atoms with van der Waals surface area (Å²) in [6.45, 7) is 0. The molecule has 0 spiro atoms. The third kappa shape index (κ3) is 3.46. The van der Waals surface area contributed by atoms with E-state index >= 15 is 0 Å². The smallest absolute Gasteiger partial charge is 0.314 e. The monoisotopic (exact) mass is 239 g/mol. The number of carbonyl (C=O) groups is 1. The number of halogens is 1. The summed E-state index contributed by atoms with van der Waals surface area (Å²) >= 11 is 5.73. The van der Waals surface area contributed by atoms with Gasteiger partial charge in [0, 0.05) is 9.93 Å². The van der Waals surface area contributed by atoms with Crippen LogP contribution in [0.15, 0.2) is 29.4 Å². The van der Waals surface area contributed by atoms with Gasteiger partial charge in [-0.25, -0.2) is 0 Å². The first-order valence-electron chi connectivity index (χ1n) is 4.54. The zero-order valence-corrected chi connectivity index (χ0v) is 9.39. The summed E-state index contributed by atoms with van der Waals surface area (Å²) in [6.07, 6.45) is 0.300. The van der Waals surface area contributed by atoms with E-state index in [9.17, 15) is 4.79 Å². The molecule has 1 rings (SSSR count). The van der Waals surface area contributed by atoms with E-state index in [4.69, 9.17) is 17.1 Å². The van der Waals surface area contributed by atoms with Crippen LogP contribution in [0.2, 0.25) is 5.02 Å². The molecule has 0 saturated heterocycles. The van der Waals surface area contributed by atoms with Crippen molar-refractivity contribution in [3.8, 4) is 0 Å². The predicted octanol–water partition coefficient (Wildman–Crippen LogP) is 2.73. The normalized spacial score (nSPS) is 11.4. The third-order valence-electron chi connectivity index (χ3n) is 2.01. The van der Waals surface area contributed by atoms with Crippen molar-refractivity contribution in [3.63, 3.8) is 0 Å². The third-order valence-corrected chi connectivity index (χ3v) is 2.26. The molecule has 16 heavy (non-hydrogen) atoms. The molecule has 1 aromatic carbocycles. The second kappa shape index (κ2) is 6.00. The Hall–Kier alpha value is -1.71. The summed E-state index contributed by atoms with van der Waals surface area (Å²) in [7, 11) is 1.25. The summed E-state index contributed by atoms with van der Waals surface area (Å²) in [5.41, 5.74) is 9.19. The summed E-state index contributed by atoms with van der Waals surface area (Å²) < 4.78 is 4.53. The Morgan fingerprint density at radius 2 is 2.19 bits per heavy atom. The SMILES string of the molecule is COC(=O)[C@H](Cc1ccc(Cl)cc1)N=[N+]=[N-]. The van der Waals surface area contributed by atoms with Crippen molar-refractivity contribution >= 4 is 17.6 Å². The maximum Gasteiger partial charge on any atom is 0.314 e. The van der Waals surface area contributed by atoms with Gasteiger partial charge in [0.25, 0.3) is 0 Å². The number of hydrogen-bond donors (Lipinski definition) is 0. The second-order valence-corrected chi connectivity index (χ2v) is 3.51.